The molecular weight excluding hydrogens is 256 g/mol. The second kappa shape index (κ2) is 5.56. The quantitative estimate of drug-likeness (QED) is 0.813. The Morgan fingerprint density at radius 3 is 2.87 bits per heavy atom. The van der Waals surface area contributed by atoms with Gasteiger partial charge in [0.15, 0.2) is 0 Å². The molecule has 0 bridgehead atoms. The van der Waals surface area contributed by atoms with E-state index in [2.05, 4.69) is 33.1 Å². The number of halogens is 1. The molecule has 0 aliphatic carbocycles. The van der Waals surface area contributed by atoms with E-state index in [1.165, 1.54) is 0 Å². The lowest BCUT2D eigenvalue weighted by atomic mass is 10.2. The first-order valence-electron chi connectivity index (χ1n) is 4.55. The van der Waals surface area contributed by atoms with Crippen LogP contribution in [0.25, 0.3) is 0 Å². The van der Waals surface area contributed by atoms with Gasteiger partial charge in [-0.15, -0.1) is 6.58 Å². The molecule has 0 heterocycles. The van der Waals surface area contributed by atoms with Crippen molar-refractivity contribution in [3.63, 3.8) is 0 Å². The predicted octanol–water partition coefficient (Wildman–Crippen LogP) is 3.07. The number of benzene rings is 1. The maximum atomic E-state index is 11.3. The van der Waals surface area contributed by atoms with Crippen molar-refractivity contribution in [1.82, 2.24) is 5.32 Å². The molecule has 3 nitrogen and oxygen atoms in total. The number of carbonyl (C=O) groups is 1. The van der Waals surface area contributed by atoms with E-state index in [9.17, 15) is 4.79 Å². The van der Waals surface area contributed by atoms with E-state index in [1.807, 2.05) is 25.1 Å². The van der Waals surface area contributed by atoms with Crippen LogP contribution in [0.4, 0.5) is 10.5 Å². The summed E-state index contributed by atoms with van der Waals surface area (Å²) >= 11 is 3.37. The Kier molecular flexibility index (Phi) is 4.37. The van der Waals surface area contributed by atoms with Crippen LogP contribution >= 0.6 is 15.9 Å². The molecule has 4 heteroatoms. The summed E-state index contributed by atoms with van der Waals surface area (Å²) in [7, 11) is 0. The van der Waals surface area contributed by atoms with Crippen LogP contribution in [-0.2, 0) is 0 Å². The molecule has 0 saturated heterocycles. The third-order valence-electron chi connectivity index (χ3n) is 1.71. The number of anilines is 1. The van der Waals surface area contributed by atoms with Gasteiger partial charge in [0.1, 0.15) is 0 Å². The van der Waals surface area contributed by atoms with Gasteiger partial charge in [0.2, 0.25) is 0 Å². The summed E-state index contributed by atoms with van der Waals surface area (Å²) in [6.45, 7) is 5.94. The lowest BCUT2D eigenvalue weighted by Crippen LogP contribution is -2.28. The first-order chi connectivity index (χ1) is 7.11. The van der Waals surface area contributed by atoms with Crippen molar-refractivity contribution in [3.8, 4) is 0 Å². The summed E-state index contributed by atoms with van der Waals surface area (Å²) in [4.78, 5) is 11.3. The van der Waals surface area contributed by atoms with Gasteiger partial charge in [0.05, 0.1) is 0 Å². The summed E-state index contributed by atoms with van der Waals surface area (Å²) in [5.74, 6) is 0. The molecule has 15 heavy (non-hydrogen) atoms. The number of amides is 2. The van der Waals surface area contributed by atoms with Crippen LogP contribution < -0.4 is 10.6 Å². The van der Waals surface area contributed by atoms with Gasteiger partial charge in [0, 0.05) is 16.7 Å². The zero-order chi connectivity index (χ0) is 11.3. The molecule has 0 saturated carbocycles. The Morgan fingerprint density at radius 1 is 1.53 bits per heavy atom. The Hall–Kier alpha value is -1.29. The molecule has 0 atom stereocenters. The fourth-order valence-electron chi connectivity index (χ4n) is 1.15. The predicted molar refractivity (Wildman–Crippen MR) is 66.1 cm³/mol. The van der Waals surface area contributed by atoms with Gasteiger partial charge in [-0.05, 0) is 30.7 Å². The monoisotopic (exact) mass is 268 g/mol. The fourth-order valence-corrected chi connectivity index (χ4v) is 1.76. The lowest BCUT2D eigenvalue weighted by Gasteiger charge is -2.07. The zero-order valence-corrected chi connectivity index (χ0v) is 10.1. The van der Waals surface area contributed by atoms with Crippen molar-refractivity contribution in [2.75, 3.05) is 11.9 Å². The summed E-state index contributed by atoms with van der Waals surface area (Å²) in [5, 5.41) is 5.37. The lowest BCUT2D eigenvalue weighted by molar-refractivity contribution is 0.253. The van der Waals surface area contributed by atoms with Crippen LogP contribution in [0.5, 0.6) is 0 Å². The molecule has 0 aliphatic rings. The van der Waals surface area contributed by atoms with E-state index >= 15 is 0 Å². The smallest absolute Gasteiger partial charge is 0.319 e. The molecule has 0 unspecified atom stereocenters. The maximum Gasteiger partial charge on any atom is 0.319 e. The molecule has 2 amide bonds. The summed E-state index contributed by atoms with van der Waals surface area (Å²) in [6.07, 6.45) is 1.63. The Bertz CT molecular complexity index is 357. The average Bonchev–Trinajstić information content (AvgIpc) is 2.13. The molecule has 2 N–H and O–H groups in total. The third-order valence-corrected chi connectivity index (χ3v) is 2.16. The summed E-state index contributed by atoms with van der Waals surface area (Å²) < 4.78 is 0.946. The van der Waals surface area contributed by atoms with Gasteiger partial charge in [-0.2, -0.15) is 0 Å². The number of nitrogens with one attached hydrogen (secondary N) is 2. The Labute approximate surface area is 97.7 Å². The molecular formula is C11H13BrN2O. The Balaban J connectivity index is 2.63. The van der Waals surface area contributed by atoms with Crippen LogP contribution in [0.15, 0.2) is 35.3 Å². The second-order valence-corrected chi connectivity index (χ2v) is 4.06. The van der Waals surface area contributed by atoms with Gasteiger partial charge in [-0.25, -0.2) is 4.79 Å². The normalized spacial score (nSPS) is 9.47. The molecule has 1 aromatic rings. The number of hydrogen-bond donors (Lipinski definition) is 2. The summed E-state index contributed by atoms with van der Waals surface area (Å²) in [6, 6.07) is 5.50. The largest absolute Gasteiger partial charge is 0.334 e. The van der Waals surface area contributed by atoms with E-state index in [4.69, 9.17) is 0 Å². The fraction of sp³-hybridized carbons (Fsp3) is 0.182. The van der Waals surface area contributed by atoms with E-state index in [-0.39, 0.29) is 6.03 Å². The first-order valence-corrected chi connectivity index (χ1v) is 5.34. The van der Waals surface area contributed by atoms with Gasteiger partial charge in [0.25, 0.3) is 0 Å². The molecule has 0 fully saturated rings. The second-order valence-electron chi connectivity index (χ2n) is 3.14. The number of rotatable bonds is 3. The van der Waals surface area contributed by atoms with Gasteiger partial charge >= 0.3 is 6.03 Å². The first kappa shape index (κ1) is 11.8. The van der Waals surface area contributed by atoms with Crippen LogP contribution in [0.3, 0.4) is 0 Å². The highest BCUT2D eigenvalue weighted by Crippen LogP contribution is 2.18. The van der Waals surface area contributed by atoms with Crippen LogP contribution in [-0.4, -0.2) is 12.6 Å². The molecule has 0 aromatic heterocycles. The van der Waals surface area contributed by atoms with Crippen molar-refractivity contribution in [2.24, 2.45) is 0 Å². The third kappa shape index (κ3) is 4.16. The SMILES string of the molecule is C=CCNC(=O)Nc1cc(C)cc(Br)c1. The van der Waals surface area contributed by atoms with Gasteiger partial charge < -0.3 is 10.6 Å². The van der Waals surface area contributed by atoms with E-state index < -0.39 is 0 Å². The highest BCUT2D eigenvalue weighted by atomic mass is 79.9. The van der Waals surface area contributed by atoms with Gasteiger partial charge in [-0.3, -0.25) is 0 Å². The number of aryl methyl sites for hydroxylation is 1. The number of urea groups is 1. The molecule has 0 spiro atoms. The molecule has 1 aromatic carbocycles. The number of carbonyl (C=O) groups excluding carboxylic acids is 1. The molecule has 1 rings (SSSR count). The highest BCUT2D eigenvalue weighted by Gasteiger charge is 2.01. The maximum absolute atomic E-state index is 11.3. The molecule has 80 valence electrons. The minimum Gasteiger partial charge on any atom is -0.334 e. The topological polar surface area (TPSA) is 41.1 Å². The molecule has 0 aliphatic heterocycles. The van der Waals surface area contributed by atoms with Crippen molar-refractivity contribution >= 4 is 27.6 Å². The van der Waals surface area contributed by atoms with Gasteiger partial charge in [-0.1, -0.05) is 22.0 Å². The molecule has 0 radical (unpaired) electrons. The van der Waals surface area contributed by atoms with Crippen LogP contribution in [0.1, 0.15) is 5.56 Å². The minimum absolute atomic E-state index is 0.229. The van der Waals surface area contributed by atoms with E-state index in [0.717, 1.165) is 15.7 Å². The van der Waals surface area contributed by atoms with Crippen molar-refractivity contribution in [1.29, 1.82) is 0 Å². The van der Waals surface area contributed by atoms with E-state index in [1.54, 1.807) is 6.08 Å². The highest BCUT2D eigenvalue weighted by molar-refractivity contribution is 9.10. The van der Waals surface area contributed by atoms with Crippen molar-refractivity contribution in [2.45, 2.75) is 6.92 Å². The van der Waals surface area contributed by atoms with Crippen molar-refractivity contribution in [3.05, 3.63) is 40.9 Å². The van der Waals surface area contributed by atoms with E-state index in [0.29, 0.717) is 6.54 Å². The number of hydrogen-bond acceptors (Lipinski definition) is 1. The van der Waals surface area contributed by atoms with Crippen molar-refractivity contribution < 1.29 is 4.79 Å². The van der Waals surface area contributed by atoms with Crippen LogP contribution in [0.2, 0.25) is 0 Å². The average molecular weight is 269 g/mol. The Morgan fingerprint density at radius 2 is 2.27 bits per heavy atom. The van der Waals surface area contributed by atoms with Crippen LogP contribution in [0, 0.1) is 6.92 Å². The summed E-state index contributed by atoms with van der Waals surface area (Å²) in [5.41, 5.74) is 1.85. The minimum atomic E-state index is -0.229. The standard InChI is InChI=1S/C11H13BrN2O/c1-3-4-13-11(15)14-10-6-8(2)5-9(12)7-10/h3,5-7H,1,4H2,2H3,(H2,13,14,15). The zero-order valence-electron chi connectivity index (χ0n) is 8.51.